The lowest BCUT2D eigenvalue weighted by atomic mass is 9.95. The topological polar surface area (TPSA) is 49.2 Å². The average Bonchev–Trinajstić information content (AvgIpc) is 3.03. The van der Waals surface area contributed by atoms with Crippen molar-refractivity contribution in [2.24, 2.45) is 0 Å². The van der Waals surface area contributed by atoms with Gasteiger partial charge in [0, 0.05) is 0 Å². The third-order valence-electron chi connectivity index (χ3n) is 2.92. The van der Waals surface area contributed by atoms with Crippen molar-refractivity contribution in [3.05, 3.63) is 48.3 Å². The number of hydrogen-bond donors (Lipinski definition) is 0. The monoisotopic (exact) mass is 231 g/mol. The Morgan fingerprint density at radius 2 is 1.94 bits per heavy atom. The van der Waals surface area contributed by atoms with E-state index in [2.05, 4.69) is 10.2 Å². The van der Waals surface area contributed by atoms with Gasteiger partial charge in [0.2, 0.25) is 0 Å². The van der Waals surface area contributed by atoms with Crippen molar-refractivity contribution < 1.29 is 9.47 Å². The van der Waals surface area contributed by atoms with Crippen molar-refractivity contribution >= 4 is 0 Å². The molecule has 88 valence electrons. The molecule has 1 aromatic carbocycles. The Labute approximate surface area is 99.0 Å². The van der Waals surface area contributed by atoms with E-state index in [1.54, 1.807) is 17.2 Å². The molecule has 5 nitrogen and oxygen atoms in total. The first-order valence-electron chi connectivity index (χ1n) is 5.50. The van der Waals surface area contributed by atoms with E-state index in [0.29, 0.717) is 19.9 Å². The minimum absolute atomic E-state index is 0.316. The molecular formula is C12H13N3O2. The summed E-state index contributed by atoms with van der Waals surface area (Å²) < 4.78 is 11.1. The smallest absolute Gasteiger partial charge is 0.148 e. The number of aromatic nitrogens is 3. The van der Waals surface area contributed by atoms with Gasteiger partial charge in [-0.2, -0.15) is 15.0 Å². The van der Waals surface area contributed by atoms with Crippen LogP contribution in [-0.4, -0.2) is 28.4 Å². The second-order valence-corrected chi connectivity index (χ2v) is 4.03. The highest BCUT2D eigenvalue weighted by atomic mass is 16.7. The van der Waals surface area contributed by atoms with Gasteiger partial charge in [0.1, 0.15) is 12.4 Å². The Balaban J connectivity index is 1.93. The number of ether oxygens (including phenoxy) is 2. The molecule has 0 aliphatic carbocycles. The van der Waals surface area contributed by atoms with Gasteiger partial charge < -0.3 is 9.47 Å². The number of nitrogens with zero attached hydrogens (tertiary/aromatic N) is 3. The van der Waals surface area contributed by atoms with Gasteiger partial charge in [-0.25, -0.2) is 0 Å². The minimum atomic E-state index is -0.472. The van der Waals surface area contributed by atoms with Gasteiger partial charge in [0.25, 0.3) is 0 Å². The highest BCUT2D eigenvalue weighted by Crippen LogP contribution is 2.31. The largest absolute Gasteiger partial charge is 0.352 e. The van der Waals surface area contributed by atoms with Gasteiger partial charge in [-0.05, 0) is 5.56 Å². The molecule has 1 aliphatic heterocycles. The van der Waals surface area contributed by atoms with Gasteiger partial charge in [0.15, 0.2) is 0 Å². The summed E-state index contributed by atoms with van der Waals surface area (Å²) in [5, 5.41) is 8.24. The third-order valence-corrected chi connectivity index (χ3v) is 2.92. The van der Waals surface area contributed by atoms with E-state index >= 15 is 0 Å². The molecule has 1 aromatic heterocycles. The van der Waals surface area contributed by atoms with Crippen LogP contribution in [0.2, 0.25) is 0 Å². The van der Waals surface area contributed by atoms with Crippen LogP contribution in [0.15, 0.2) is 42.7 Å². The summed E-state index contributed by atoms with van der Waals surface area (Å²) in [5.41, 5.74) is 0.620. The summed E-state index contributed by atoms with van der Waals surface area (Å²) in [5.74, 6) is 0. The van der Waals surface area contributed by atoms with E-state index in [0.717, 1.165) is 5.56 Å². The fourth-order valence-electron chi connectivity index (χ4n) is 2.05. The quantitative estimate of drug-likeness (QED) is 0.795. The number of benzene rings is 1. The molecule has 1 fully saturated rings. The summed E-state index contributed by atoms with van der Waals surface area (Å²) in [6.45, 7) is 1.40. The molecule has 2 aromatic rings. The van der Waals surface area contributed by atoms with Crippen LogP contribution in [0.1, 0.15) is 5.56 Å². The maximum Gasteiger partial charge on any atom is 0.148 e. The zero-order chi connectivity index (χ0) is 11.6. The molecular weight excluding hydrogens is 218 g/mol. The fraction of sp³-hybridized carbons (Fsp3) is 0.333. The molecule has 0 saturated carbocycles. The molecule has 0 N–H and O–H groups in total. The van der Waals surface area contributed by atoms with Crippen molar-refractivity contribution in [1.29, 1.82) is 0 Å². The maximum atomic E-state index is 5.78. The summed E-state index contributed by atoms with van der Waals surface area (Å²) >= 11 is 0. The van der Waals surface area contributed by atoms with E-state index in [1.165, 1.54) is 0 Å². The molecule has 0 amide bonds. The lowest BCUT2D eigenvalue weighted by Gasteiger charge is -2.26. The average molecular weight is 231 g/mol. The van der Waals surface area contributed by atoms with E-state index in [-0.39, 0.29) is 0 Å². The minimum Gasteiger partial charge on any atom is -0.352 e. The second-order valence-electron chi connectivity index (χ2n) is 4.03. The van der Waals surface area contributed by atoms with Gasteiger partial charge in [-0.3, -0.25) is 0 Å². The zero-order valence-electron chi connectivity index (χ0n) is 9.32. The van der Waals surface area contributed by atoms with Crippen molar-refractivity contribution in [3.8, 4) is 0 Å². The second kappa shape index (κ2) is 4.27. The molecule has 0 unspecified atom stereocenters. The van der Waals surface area contributed by atoms with Gasteiger partial charge in [0.05, 0.1) is 25.5 Å². The first kappa shape index (κ1) is 10.4. The number of hydrogen-bond acceptors (Lipinski definition) is 4. The van der Waals surface area contributed by atoms with Crippen LogP contribution in [0.5, 0.6) is 0 Å². The van der Waals surface area contributed by atoms with Crippen LogP contribution < -0.4 is 0 Å². The molecule has 1 atom stereocenters. The van der Waals surface area contributed by atoms with Gasteiger partial charge in [-0.15, -0.1) is 0 Å². The highest BCUT2D eigenvalue weighted by molar-refractivity contribution is 5.23. The highest BCUT2D eigenvalue weighted by Gasteiger charge is 2.39. The molecule has 5 heteroatoms. The molecule has 0 radical (unpaired) electrons. The van der Waals surface area contributed by atoms with Crippen molar-refractivity contribution in [3.63, 3.8) is 0 Å². The van der Waals surface area contributed by atoms with E-state index in [1.807, 2.05) is 30.3 Å². The Hall–Kier alpha value is -1.72. The van der Waals surface area contributed by atoms with Crippen molar-refractivity contribution in [1.82, 2.24) is 15.0 Å². The third kappa shape index (κ3) is 1.94. The van der Waals surface area contributed by atoms with Crippen LogP contribution in [0.4, 0.5) is 0 Å². The Morgan fingerprint density at radius 1 is 1.18 bits per heavy atom. The van der Waals surface area contributed by atoms with Crippen LogP contribution in [0, 0.1) is 0 Å². The van der Waals surface area contributed by atoms with Gasteiger partial charge >= 0.3 is 0 Å². The SMILES string of the molecule is c1ccc([C@@]2(Cn3nccn3)COCO2)cc1. The Kier molecular flexibility index (Phi) is 2.62. The van der Waals surface area contributed by atoms with Crippen LogP contribution in [-0.2, 0) is 21.6 Å². The van der Waals surface area contributed by atoms with Crippen LogP contribution >= 0.6 is 0 Å². The van der Waals surface area contributed by atoms with E-state index in [4.69, 9.17) is 9.47 Å². The summed E-state index contributed by atoms with van der Waals surface area (Å²) in [4.78, 5) is 1.63. The molecule has 3 rings (SSSR count). The summed E-state index contributed by atoms with van der Waals surface area (Å²) in [6.07, 6.45) is 3.32. The van der Waals surface area contributed by atoms with E-state index in [9.17, 15) is 0 Å². The predicted octanol–water partition coefficient (Wildman–Crippen LogP) is 1.18. The van der Waals surface area contributed by atoms with Crippen LogP contribution in [0.3, 0.4) is 0 Å². The van der Waals surface area contributed by atoms with Gasteiger partial charge in [-0.1, -0.05) is 30.3 Å². The first-order valence-corrected chi connectivity index (χ1v) is 5.50. The molecule has 0 spiro atoms. The first-order chi connectivity index (χ1) is 8.39. The molecule has 17 heavy (non-hydrogen) atoms. The van der Waals surface area contributed by atoms with Crippen molar-refractivity contribution in [2.45, 2.75) is 12.1 Å². The normalized spacial score (nSPS) is 24.0. The summed E-state index contributed by atoms with van der Waals surface area (Å²) in [7, 11) is 0. The van der Waals surface area contributed by atoms with E-state index < -0.39 is 5.60 Å². The zero-order valence-corrected chi connectivity index (χ0v) is 9.32. The Bertz CT molecular complexity index is 464. The predicted molar refractivity (Wildman–Crippen MR) is 60.0 cm³/mol. The molecule has 1 aliphatic rings. The molecule has 2 heterocycles. The lowest BCUT2D eigenvalue weighted by molar-refractivity contribution is -0.0263. The number of rotatable bonds is 3. The fourth-order valence-corrected chi connectivity index (χ4v) is 2.05. The maximum absolute atomic E-state index is 5.78. The lowest BCUT2D eigenvalue weighted by Crippen LogP contribution is -2.34. The molecule has 0 bridgehead atoms. The van der Waals surface area contributed by atoms with Crippen LogP contribution in [0.25, 0.3) is 0 Å². The standard InChI is InChI=1S/C12H13N3O2/c1-2-4-11(5-3-1)12(9-16-10-17-12)8-15-13-6-7-14-15/h1-7H,8-10H2/t12-/m1/s1. The summed E-state index contributed by atoms with van der Waals surface area (Å²) in [6, 6.07) is 10.1. The Morgan fingerprint density at radius 3 is 2.59 bits per heavy atom. The molecule has 1 saturated heterocycles. The van der Waals surface area contributed by atoms with Crippen molar-refractivity contribution in [2.75, 3.05) is 13.4 Å².